The van der Waals surface area contributed by atoms with Crippen LogP contribution in [0.4, 0.5) is 5.82 Å². The van der Waals surface area contributed by atoms with Crippen LogP contribution in [-0.2, 0) is 24.8 Å². The lowest BCUT2D eigenvalue weighted by Crippen LogP contribution is -2.38. The number of thiophene rings is 1. The van der Waals surface area contributed by atoms with Gasteiger partial charge in [0.25, 0.3) is 0 Å². The molecule has 1 aliphatic heterocycles. The zero-order valence-electron chi connectivity index (χ0n) is 18.3. The Morgan fingerprint density at radius 1 is 1.23 bits per heavy atom. The number of ether oxygens (including phenoxy) is 1. The minimum absolute atomic E-state index is 0.407. The molecule has 8 heteroatoms. The van der Waals surface area contributed by atoms with Crippen molar-refractivity contribution in [3.05, 3.63) is 38.7 Å². The van der Waals surface area contributed by atoms with Crippen LogP contribution >= 0.6 is 22.7 Å². The molecule has 0 atom stereocenters. The molecule has 0 amide bonds. The normalized spacial score (nSPS) is 14.8. The minimum Gasteiger partial charge on any atom is -0.378 e. The molecule has 1 aliphatic rings. The van der Waals surface area contributed by atoms with E-state index in [4.69, 9.17) is 9.84 Å². The van der Waals surface area contributed by atoms with Crippen molar-refractivity contribution in [3.8, 4) is 10.6 Å². The number of nitrogens with zero attached hydrogens (tertiary/aromatic N) is 4. The molecule has 0 saturated carbocycles. The Kier molecular flexibility index (Phi) is 6.87. The Balaban J connectivity index is 1.39. The van der Waals surface area contributed by atoms with Crippen LogP contribution in [0.15, 0.2) is 17.5 Å². The number of rotatable bonds is 8. The van der Waals surface area contributed by atoms with Gasteiger partial charge < -0.3 is 15.0 Å². The number of aromatic nitrogens is 3. The first-order valence-electron chi connectivity index (χ1n) is 10.6. The lowest BCUT2D eigenvalue weighted by molar-refractivity contribution is 0.122. The summed E-state index contributed by atoms with van der Waals surface area (Å²) < 4.78 is 7.60. The summed E-state index contributed by atoms with van der Waals surface area (Å²) in [6, 6.07) is 4.43. The molecule has 30 heavy (non-hydrogen) atoms. The Morgan fingerprint density at radius 3 is 2.73 bits per heavy atom. The topological polar surface area (TPSA) is 55.2 Å². The first-order valence-corrected chi connectivity index (χ1v) is 12.3. The number of aryl methyl sites for hydroxylation is 2. The van der Waals surface area contributed by atoms with Crippen molar-refractivity contribution >= 4 is 28.5 Å². The van der Waals surface area contributed by atoms with Crippen molar-refractivity contribution in [1.29, 1.82) is 0 Å². The summed E-state index contributed by atoms with van der Waals surface area (Å²) in [6.07, 6.45) is 1.03. The minimum atomic E-state index is 0.407. The monoisotopic (exact) mass is 445 g/mol. The molecule has 1 saturated heterocycles. The van der Waals surface area contributed by atoms with E-state index in [1.165, 1.54) is 26.8 Å². The van der Waals surface area contributed by atoms with Crippen LogP contribution in [0.1, 0.15) is 40.9 Å². The standard InChI is InChI=1S/C22H31N5OS2/c1-15(2)21-18(22(26(4)25-21)27-9-11-28-12-10-27)13-23-8-7-17-5-6-20(30-17)19-14-29-16(3)24-19/h5-6,14-15,23H,7-13H2,1-4H3. The molecule has 4 rings (SSSR count). The Morgan fingerprint density at radius 2 is 2.03 bits per heavy atom. The summed E-state index contributed by atoms with van der Waals surface area (Å²) in [7, 11) is 2.06. The van der Waals surface area contributed by atoms with Crippen LogP contribution in [-0.4, -0.2) is 47.6 Å². The predicted molar refractivity (Wildman–Crippen MR) is 126 cm³/mol. The second-order valence-electron chi connectivity index (χ2n) is 8.01. The predicted octanol–water partition coefficient (Wildman–Crippen LogP) is 4.21. The smallest absolute Gasteiger partial charge is 0.131 e. The number of morpholine rings is 1. The van der Waals surface area contributed by atoms with Crippen LogP contribution in [0.2, 0.25) is 0 Å². The molecule has 0 aromatic carbocycles. The van der Waals surface area contributed by atoms with Crippen molar-refractivity contribution in [2.24, 2.45) is 7.05 Å². The van der Waals surface area contributed by atoms with Crippen LogP contribution in [0, 0.1) is 6.92 Å². The SMILES string of the molecule is Cc1nc(-c2ccc(CCNCc3c(C(C)C)nn(C)c3N3CCOCC3)s2)cs1. The Hall–Kier alpha value is -1.74. The van der Waals surface area contributed by atoms with Crippen molar-refractivity contribution in [3.63, 3.8) is 0 Å². The first kappa shape index (κ1) is 21.5. The number of hydrogen-bond acceptors (Lipinski definition) is 7. The second-order valence-corrected chi connectivity index (χ2v) is 10.2. The Bertz CT molecular complexity index is 968. The third kappa shape index (κ3) is 4.77. The number of nitrogens with one attached hydrogen (secondary N) is 1. The zero-order chi connectivity index (χ0) is 21.1. The van der Waals surface area contributed by atoms with E-state index in [2.05, 4.69) is 65.2 Å². The molecule has 0 spiro atoms. The summed E-state index contributed by atoms with van der Waals surface area (Å²) >= 11 is 3.56. The van der Waals surface area contributed by atoms with E-state index in [1.54, 1.807) is 11.3 Å². The van der Waals surface area contributed by atoms with Gasteiger partial charge in [-0.05, 0) is 31.4 Å². The fourth-order valence-electron chi connectivity index (χ4n) is 3.93. The van der Waals surface area contributed by atoms with Gasteiger partial charge in [-0.3, -0.25) is 4.68 Å². The van der Waals surface area contributed by atoms with Gasteiger partial charge in [-0.15, -0.1) is 22.7 Å². The van der Waals surface area contributed by atoms with E-state index in [0.29, 0.717) is 5.92 Å². The summed E-state index contributed by atoms with van der Waals surface area (Å²) in [4.78, 5) is 9.68. The van der Waals surface area contributed by atoms with Gasteiger partial charge in [0, 0.05) is 49.0 Å². The van der Waals surface area contributed by atoms with Gasteiger partial charge in [0.05, 0.1) is 34.5 Å². The number of anilines is 1. The molecule has 0 radical (unpaired) electrons. The third-order valence-electron chi connectivity index (χ3n) is 5.38. The van der Waals surface area contributed by atoms with Gasteiger partial charge in [-0.25, -0.2) is 4.98 Å². The maximum Gasteiger partial charge on any atom is 0.131 e. The summed E-state index contributed by atoms with van der Waals surface area (Å²) in [5.74, 6) is 1.65. The maximum atomic E-state index is 5.55. The van der Waals surface area contributed by atoms with Gasteiger partial charge in [-0.1, -0.05) is 13.8 Å². The van der Waals surface area contributed by atoms with Crippen molar-refractivity contribution in [2.45, 2.75) is 39.7 Å². The van der Waals surface area contributed by atoms with Gasteiger partial charge in [-0.2, -0.15) is 5.10 Å². The average Bonchev–Trinajstić information content (AvgIpc) is 3.44. The van der Waals surface area contributed by atoms with E-state index in [-0.39, 0.29) is 0 Å². The van der Waals surface area contributed by atoms with E-state index < -0.39 is 0 Å². The molecule has 1 fully saturated rings. The number of thiazole rings is 1. The van der Waals surface area contributed by atoms with Gasteiger partial charge >= 0.3 is 0 Å². The fourth-order valence-corrected chi connectivity index (χ4v) is 5.59. The molecular weight excluding hydrogens is 414 g/mol. The van der Waals surface area contributed by atoms with E-state index in [9.17, 15) is 0 Å². The van der Waals surface area contributed by atoms with E-state index in [1.807, 2.05) is 11.3 Å². The summed E-state index contributed by atoms with van der Waals surface area (Å²) in [5.41, 5.74) is 3.64. The summed E-state index contributed by atoms with van der Waals surface area (Å²) in [6.45, 7) is 11.7. The molecule has 0 bridgehead atoms. The highest BCUT2D eigenvalue weighted by atomic mass is 32.1. The van der Waals surface area contributed by atoms with Gasteiger partial charge in [0.15, 0.2) is 0 Å². The maximum absolute atomic E-state index is 5.55. The van der Waals surface area contributed by atoms with Crippen molar-refractivity contribution in [2.75, 3.05) is 37.7 Å². The molecule has 0 unspecified atom stereocenters. The zero-order valence-corrected chi connectivity index (χ0v) is 19.9. The largest absolute Gasteiger partial charge is 0.378 e. The third-order valence-corrected chi connectivity index (χ3v) is 7.32. The lowest BCUT2D eigenvalue weighted by Gasteiger charge is -2.29. The van der Waals surface area contributed by atoms with E-state index >= 15 is 0 Å². The molecule has 162 valence electrons. The van der Waals surface area contributed by atoms with Crippen LogP contribution in [0.25, 0.3) is 10.6 Å². The second kappa shape index (κ2) is 9.60. The molecule has 4 heterocycles. The van der Waals surface area contributed by atoms with Crippen molar-refractivity contribution < 1.29 is 4.74 Å². The molecule has 6 nitrogen and oxygen atoms in total. The summed E-state index contributed by atoms with van der Waals surface area (Å²) in [5, 5.41) is 11.8. The lowest BCUT2D eigenvalue weighted by atomic mass is 10.0. The van der Waals surface area contributed by atoms with E-state index in [0.717, 1.165) is 56.5 Å². The molecule has 1 N–H and O–H groups in total. The fraction of sp³-hybridized carbons (Fsp3) is 0.545. The van der Waals surface area contributed by atoms with Crippen LogP contribution in [0.5, 0.6) is 0 Å². The highest BCUT2D eigenvalue weighted by Crippen LogP contribution is 2.30. The molecule has 0 aliphatic carbocycles. The van der Waals surface area contributed by atoms with Gasteiger partial charge in [0.1, 0.15) is 5.82 Å². The Labute approximate surface area is 186 Å². The molecule has 3 aromatic rings. The molecular formula is C22H31N5OS2. The highest BCUT2D eigenvalue weighted by Gasteiger charge is 2.24. The first-order chi connectivity index (χ1) is 14.5. The number of hydrogen-bond donors (Lipinski definition) is 1. The van der Waals surface area contributed by atoms with Crippen molar-refractivity contribution in [1.82, 2.24) is 20.1 Å². The van der Waals surface area contributed by atoms with Gasteiger partial charge in [0.2, 0.25) is 0 Å². The quantitative estimate of drug-likeness (QED) is 0.527. The average molecular weight is 446 g/mol. The highest BCUT2D eigenvalue weighted by molar-refractivity contribution is 7.16. The van der Waals surface area contributed by atoms with Crippen LogP contribution < -0.4 is 10.2 Å². The van der Waals surface area contributed by atoms with Crippen LogP contribution in [0.3, 0.4) is 0 Å². The molecule has 3 aromatic heterocycles.